The largest absolute Gasteiger partial charge is 0.370 e. The van der Waals surface area contributed by atoms with Gasteiger partial charge in [-0.05, 0) is 35.7 Å². The summed E-state index contributed by atoms with van der Waals surface area (Å²) < 4.78 is 26.8. The predicted molar refractivity (Wildman–Crippen MR) is 105 cm³/mol. The summed E-state index contributed by atoms with van der Waals surface area (Å²) in [5, 5.41) is 11.3. The predicted octanol–water partition coefficient (Wildman–Crippen LogP) is 4.52. The molecule has 0 aromatic carbocycles. The highest BCUT2D eigenvalue weighted by molar-refractivity contribution is 5.80. The van der Waals surface area contributed by atoms with Crippen LogP contribution in [0.1, 0.15) is 38.2 Å². The quantitative estimate of drug-likeness (QED) is 0.713. The van der Waals surface area contributed by atoms with E-state index in [-0.39, 0.29) is 12.8 Å². The van der Waals surface area contributed by atoms with E-state index in [1.165, 1.54) is 0 Å². The second-order valence-corrected chi connectivity index (χ2v) is 7.43. The number of aromatic nitrogens is 4. The second kappa shape index (κ2) is 7.26. The molecule has 0 spiro atoms. The molecule has 0 radical (unpaired) electrons. The lowest BCUT2D eigenvalue weighted by Crippen LogP contribution is -2.39. The van der Waals surface area contributed by atoms with E-state index in [0.29, 0.717) is 36.2 Å². The van der Waals surface area contributed by atoms with Gasteiger partial charge in [-0.1, -0.05) is 13.8 Å². The molecule has 0 amide bonds. The van der Waals surface area contributed by atoms with Crippen molar-refractivity contribution in [3.8, 4) is 0 Å². The Kier molecular flexibility index (Phi) is 4.78. The monoisotopic (exact) mass is 384 g/mol. The van der Waals surface area contributed by atoms with Gasteiger partial charge >= 0.3 is 0 Å². The van der Waals surface area contributed by atoms with Crippen molar-refractivity contribution in [1.82, 2.24) is 20.2 Å². The van der Waals surface area contributed by atoms with Crippen molar-refractivity contribution < 1.29 is 8.78 Å². The van der Waals surface area contributed by atoms with Crippen LogP contribution in [0, 0.1) is 0 Å². The maximum absolute atomic E-state index is 13.4. The van der Waals surface area contributed by atoms with Gasteiger partial charge in [0.15, 0.2) is 5.82 Å². The molecule has 0 aliphatic carbocycles. The van der Waals surface area contributed by atoms with Crippen LogP contribution in [0.5, 0.6) is 0 Å². The summed E-state index contributed by atoms with van der Waals surface area (Å²) >= 11 is 0. The summed E-state index contributed by atoms with van der Waals surface area (Å²) in [6.45, 7) is 4.82. The van der Waals surface area contributed by atoms with Crippen LogP contribution in [0.3, 0.4) is 0 Å². The normalized spacial score (nSPS) is 16.5. The van der Waals surface area contributed by atoms with Crippen LogP contribution < -0.4 is 10.2 Å². The zero-order valence-corrected chi connectivity index (χ0v) is 15.9. The first-order chi connectivity index (χ1) is 13.4. The summed E-state index contributed by atoms with van der Waals surface area (Å²) in [6.07, 6.45) is 3.20. The number of alkyl halides is 2. The molecule has 146 valence electrons. The minimum atomic E-state index is -2.57. The summed E-state index contributed by atoms with van der Waals surface area (Å²) in [5.74, 6) is -0.960. The molecule has 1 aliphatic rings. The third-order valence-corrected chi connectivity index (χ3v) is 4.98. The van der Waals surface area contributed by atoms with E-state index in [1.807, 2.05) is 29.2 Å². The van der Waals surface area contributed by atoms with Crippen LogP contribution in [0.15, 0.2) is 36.7 Å². The van der Waals surface area contributed by atoms with E-state index in [0.717, 1.165) is 16.8 Å². The van der Waals surface area contributed by atoms with Gasteiger partial charge in [-0.3, -0.25) is 4.98 Å². The van der Waals surface area contributed by atoms with Gasteiger partial charge in [-0.25, -0.2) is 13.8 Å². The van der Waals surface area contributed by atoms with Gasteiger partial charge in [0.1, 0.15) is 5.82 Å². The zero-order valence-electron chi connectivity index (χ0n) is 15.9. The average Bonchev–Trinajstić information content (AvgIpc) is 2.67. The van der Waals surface area contributed by atoms with Crippen molar-refractivity contribution in [3.05, 3.63) is 42.2 Å². The van der Waals surface area contributed by atoms with Crippen molar-refractivity contribution in [3.63, 3.8) is 0 Å². The molecule has 8 heteroatoms. The number of fused-ring (bicyclic) bond motifs is 1. The van der Waals surface area contributed by atoms with Crippen molar-refractivity contribution in [1.29, 1.82) is 0 Å². The maximum atomic E-state index is 13.4. The first-order valence-corrected chi connectivity index (χ1v) is 9.39. The van der Waals surface area contributed by atoms with Gasteiger partial charge in [0.2, 0.25) is 0 Å². The van der Waals surface area contributed by atoms with Crippen LogP contribution in [-0.2, 0) is 0 Å². The molecule has 3 aromatic rings. The molecule has 1 N–H and O–H groups in total. The molecule has 0 saturated carbocycles. The zero-order chi connectivity index (χ0) is 19.7. The third kappa shape index (κ3) is 4.00. The maximum Gasteiger partial charge on any atom is 0.251 e. The molecular formula is C20H22F2N6. The molecule has 28 heavy (non-hydrogen) atoms. The number of nitrogens with one attached hydrogen (secondary N) is 1. The molecule has 1 aliphatic heterocycles. The average molecular weight is 384 g/mol. The van der Waals surface area contributed by atoms with Crippen molar-refractivity contribution >= 4 is 28.4 Å². The van der Waals surface area contributed by atoms with Crippen molar-refractivity contribution in [2.75, 3.05) is 23.3 Å². The van der Waals surface area contributed by atoms with Crippen LogP contribution in [-0.4, -0.2) is 39.2 Å². The Labute approximate surface area is 162 Å². The third-order valence-electron chi connectivity index (χ3n) is 4.98. The van der Waals surface area contributed by atoms with Crippen molar-refractivity contribution in [2.24, 2.45) is 0 Å². The first-order valence-electron chi connectivity index (χ1n) is 9.39. The lowest BCUT2D eigenvalue weighted by Gasteiger charge is -2.33. The highest BCUT2D eigenvalue weighted by atomic mass is 19.3. The molecule has 1 fully saturated rings. The Bertz CT molecular complexity index is 981. The Morgan fingerprint density at radius 3 is 2.57 bits per heavy atom. The summed E-state index contributed by atoms with van der Waals surface area (Å²) in [7, 11) is 0. The Hall–Kier alpha value is -2.90. The highest BCUT2D eigenvalue weighted by Crippen LogP contribution is 2.31. The lowest BCUT2D eigenvalue weighted by molar-refractivity contribution is -0.0220. The Balaban J connectivity index is 1.57. The number of hydrogen-bond donors (Lipinski definition) is 1. The molecule has 4 rings (SSSR count). The van der Waals surface area contributed by atoms with Crippen LogP contribution >= 0.6 is 0 Å². The topological polar surface area (TPSA) is 66.8 Å². The second-order valence-electron chi connectivity index (χ2n) is 7.43. The summed E-state index contributed by atoms with van der Waals surface area (Å²) in [6, 6.07) is 7.55. The minimum Gasteiger partial charge on any atom is -0.370 e. The molecule has 1 saturated heterocycles. The van der Waals surface area contributed by atoms with Gasteiger partial charge in [-0.2, -0.15) is 5.10 Å². The fourth-order valence-corrected chi connectivity index (χ4v) is 3.22. The van der Waals surface area contributed by atoms with Crippen LogP contribution in [0.2, 0.25) is 0 Å². The fourth-order valence-electron chi connectivity index (χ4n) is 3.22. The van der Waals surface area contributed by atoms with Crippen molar-refractivity contribution in [2.45, 2.75) is 38.5 Å². The number of hydrogen-bond acceptors (Lipinski definition) is 6. The smallest absolute Gasteiger partial charge is 0.251 e. The van der Waals surface area contributed by atoms with Gasteiger partial charge in [-0.15, -0.1) is 5.10 Å². The number of halogens is 2. The van der Waals surface area contributed by atoms with E-state index < -0.39 is 5.92 Å². The molecule has 0 atom stereocenters. The number of nitrogens with zero attached hydrogens (tertiary/aromatic N) is 5. The molecule has 6 nitrogen and oxygen atoms in total. The Morgan fingerprint density at radius 1 is 1.04 bits per heavy atom. The molecular weight excluding hydrogens is 362 g/mol. The number of pyridine rings is 2. The van der Waals surface area contributed by atoms with E-state index in [1.54, 1.807) is 12.4 Å². The van der Waals surface area contributed by atoms with Gasteiger partial charge in [0.05, 0.1) is 29.1 Å². The van der Waals surface area contributed by atoms with E-state index >= 15 is 0 Å². The molecule has 0 bridgehead atoms. The number of rotatable bonds is 4. The van der Waals surface area contributed by atoms with E-state index in [4.69, 9.17) is 0 Å². The fraction of sp³-hybridized carbons (Fsp3) is 0.400. The molecule has 3 aromatic heterocycles. The number of anilines is 3. The van der Waals surface area contributed by atoms with E-state index in [9.17, 15) is 8.78 Å². The molecule has 4 heterocycles. The summed E-state index contributed by atoms with van der Waals surface area (Å²) in [4.78, 5) is 11.0. The lowest BCUT2D eigenvalue weighted by atomic mass is 10.1. The van der Waals surface area contributed by atoms with Crippen LogP contribution in [0.25, 0.3) is 11.0 Å². The Morgan fingerprint density at radius 2 is 1.82 bits per heavy atom. The summed E-state index contributed by atoms with van der Waals surface area (Å²) in [5.41, 5.74) is 3.35. The number of piperidine rings is 1. The van der Waals surface area contributed by atoms with Gasteiger partial charge in [0.25, 0.3) is 5.92 Å². The van der Waals surface area contributed by atoms with E-state index in [2.05, 4.69) is 39.3 Å². The van der Waals surface area contributed by atoms with Crippen LogP contribution in [0.4, 0.5) is 26.1 Å². The molecule has 0 unspecified atom stereocenters. The first kappa shape index (κ1) is 18.5. The van der Waals surface area contributed by atoms with Gasteiger partial charge in [0, 0.05) is 25.9 Å². The minimum absolute atomic E-state index is 0.134. The van der Waals surface area contributed by atoms with Gasteiger partial charge < -0.3 is 10.2 Å². The standard InChI is InChI=1S/C20H22F2N6/c1-13(2)14-9-19(27-24-11-14)26-18-4-3-16-17(25-18)10-15(12-23-16)28-7-5-20(21,22)6-8-28/h3-4,9-13H,5-8H2,1-2H3,(H,25,26,27). The SMILES string of the molecule is CC(C)c1cnnc(Nc2ccc3ncc(N4CCC(F)(F)CC4)cc3n2)c1. The highest BCUT2D eigenvalue weighted by Gasteiger charge is 2.34.